The summed E-state index contributed by atoms with van der Waals surface area (Å²) in [7, 11) is 0. The molecule has 134 valence electrons. The van der Waals surface area contributed by atoms with E-state index in [1.165, 1.54) is 12.1 Å². The Morgan fingerprint density at radius 3 is 2.32 bits per heavy atom. The van der Waals surface area contributed by atoms with Crippen LogP contribution in [0.15, 0.2) is 12.1 Å². The first-order chi connectivity index (χ1) is 11.8. The number of imide groups is 1. The highest BCUT2D eigenvalue weighted by Crippen LogP contribution is 2.36. The van der Waals surface area contributed by atoms with Crippen molar-refractivity contribution in [2.24, 2.45) is 0 Å². The molecule has 3 amide bonds. The fourth-order valence-corrected chi connectivity index (χ4v) is 4.11. The van der Waals surface area contributed by atoms with Crippen molar-refractivity contribution in [3.8, 4) is 5.75 Å². The van der Waals surface area contributed by atoms with E-state index in [2.05, 4.69) is 5.32 Å². The second-order valence-electron chi connectivity index (χ2n) is 6.14. The van der Waals surface area contributed by atoms with Crippen molar-refractivity contribution >= 4 is 52.7 Å². The first kappa shape index (κ1) is 18.3. The zero-order valence-corrected chi connectivity index (χ0v) is 15.4. The molecule has 1 N–H and O–H groups in total. The summed E-state index contributed by atoms with van der Waals surface area (Å²) in [4.78, 5) is 37.8. The summed E-state index contributed by atoms with van der Waals surface area (Å²) >= 11 is 17.7. The predicted molar refractivity (Wildman–Crippen MR) is 93.2 cm³/mol. The lowest BCUT2D eigenvalue weighted by Crippen LogP contribution is -2.48. The molecule has 25 heavy (non-hydrogen) atoms. The van der Waals surface area contributed by atoms with Crippen LogP contribution in [0, 0.1) is 0 Å². The quantitative estimate of drug-likeness (QED) is 0.471. The standard InChI is InChI=1S/C16H15Cl3N2O4/c17-9-6-10(18)13(11(19)7-9)25-12(22)8-21-14(23)16(20-15(21)24)4-2-1-3-5-16/h6-7H,1-5,8H2,(H,20,24). The van der Waals surface area contributed by atoms with Gasteiger partial charge < -0.3 is 10.1 Å². The molecule has 3 rings (SSSR count). The van der Waals surface area contributed by atoms with Crippen LogP contribution in [-0.2, 0) is 9.59 Å². The number of hydrogen-bond donors (Lipinski definition) is 1. The van der Waals surface area contributed by atoms with E-state index in [1.54, 1.807) is 0 Å². The minimum atomic E-state index is -0.884. The fourth-order valence-electron chi connectivity index (χ4n) is 3.22. The van der Waals surface area contributed by atoms with Crippen molar-refractivity contribution in [1.82, 2.24) is 10.2 Å². The van der Waals surface area contributed by atoms with E-state index >= 15 is 0 Å². The number of hydrogen-bond acceptors (Lipinski definition) is 4. The molecule has 2 fully saturated rings. The number of esters is 1. The normalized spacial score (nSPS) is 19.2. The molecule has 1 aliphatic carbocycles. The van der Waals surface area contributed by atoms with Crippen LogP contribution in [0.3, 0.4) is 0 Å². The molecule has 1 heterocycles. The van der Waals surface area contributed by atoms with Crippen LogP contribution in [-0.4, -0.2) is 34.9 Å². The number of ether oxygens (including phenoxy) is 1. The van der Waals surface area contributed by atoms with Gasteiger partial charge in [-0.15, -0.1) is 0 Å². The number of nitrogens with one attached hydrogen (secondary N) is 1. The highest BCUT2D eigenvalue weighted by molar-refractivity contribution is 6.40. The zero-order valence-electron chi connectivity index (χ0n) is 13.1. The molecule has 1 aromatic carbocycles. The van der Waals surface area contributed by atoms with E-state index in [1.807, 2.05) is 0 Å². The Bertz CT molecular complexity index is 724. The first-order valence-corrected chi connectivity index (χ1v) is 8.95. The third-order valence-corrected chi connectivity index (χ3v) is 5.20. The minimum Gasteiger partial charge on any atom is -0.422 e. The number of carbonyl (C=O) groups excluding carboxylic acids is 3. The van der Waals surface area contributed by atoms with E-state index in [9.17, 15) is 14.4 Å². The van der Waals surface area contributed by atoms with Gasteiger partial charge in [0.1, 0.15) is 12.1 Å². The summed E-state index contributed by atoms with van der Waals surface area (Å²) < 4.78 is 5.13. The molecule has 0 atom stereocenters. The highest BCUT2D eigenvalue weighted by atomic mass is 35.5. The Balaban J connectivity index is 1.71. The maximum absolute atomic E-state index is 12.6. The maximum atomic E-state index is 12.6. The highest BCUT2D eigenvalue weighted by Gasteiger charge is 2.51. The van der Waals surface area contributed by atoms with Gasteiger partial charge in [-0.05, 0) is 25.0 Å². The van der Waals surface area contributed by atoms with Gasteiger partial charge in [0.2, 0.25) is 0 Å². The van der Waals surface area contributed by atoms with Crippen LogP contribution in [0.1, 0.15) is 32.1 Å². The number of benzene rings is 1. The smallest absolute Gasteiger partial charge is 0.331 e. The zero-order chi connectivity index (χ0) is 18.2. The third-order valence-electron chi connectivity index (χ3n) is 4.42. The van der Waals surface area contributed by atoms with Gasteiger partial charge in [0.15, 0.2) is 5.75 Å². The maximum Gasteiger partial charge on any atom is 0.331 e. The van der Waals surface area contributed by atoms with Gasteiger partial charge in [-0.3, -0.25) is 9.69 Å². The largest absolute Gasteiger partial charge is 0.422 e. The van der Waals surface area contributed by atoms with Crippen LogP contribution in [0.5, 0.6) is 5.75 Å². The minimum absolute atomic E-state index is 0.0582. The number of halogens is 3. The molecule has 6 nitrogen and oxygen atoms in total. The molecular formula is C16H15Cl3N2O4. The van der Waals surface area contributed by atoms with Crippen LogP contribution < -0.4 is 10.1 Å². The average molecular weight is 406 g/mol. The van der Waals surface area contributed by atoms with Gasteiger partial charge in [-0.1, -0.05) is 54.1 Å². The van der Waals surface area contributed by atoms with Gasteiger partial charge in [0, 0.05) is 5.02 Å². The van der Waals surface area contributed by atoms with E-state index in [0.29, 0.717) is 17.9 Å². The average Bonchev–Trinajstić information content (AvgIpc) is 2.76. The second-order valence-corrected chi connectivity index (χ2v) is 7.39. The van der Waals surface area contributed by atoms with E-state index in [4.69, 9.17) is 39.5 Å². The molecule has 1 saturated carbocycles. The summed E-state index contributed by atoms with van der Waals surface area (Å²) in [5.74, 6) is -1.26. The topological polar surface area (TPSA) is 75.7 Å². The number of amides is 3. The Morgan fingerprint density at radius 1 is 1.12 bits per heavy atom. The molecule has 0 unspecified atom stereocenters. The van der Waals surface area contributed by atoms with Crippen LogP contribution in [0.4, 0.5) is 4.79 Å². The van der Waals surface area contributed by atoms with Crippen molar-refractivity contribution in [3.63, 3.8) is 0 Å². The van der Waals surface area contributed by atoms with Crippen molar-refractivity contribution in [2.45, 2.75) is 37.6 Å². The number of carbonyl (C=O) groups is 3. The first-order valence-electron chi connectivity index (χ1n) is 7.82. The molecule has 0 bridgehead atoms. The number of nitrogens with zero attached hydrogens (tertiary/aromatic N) is 1. The lowest BCUT2D eigenvalue weighted by molar-refractivity contribution is -0.141. The summed E-state index contributed by atoms with van der Waals surface area (Å²) in [6, 6.07) is 2.17. The molecule has 0 radical (unpaired) electrons. The summed E-state index contributed by atoms with van der Waals surface area (Å²) in [5, 5.41) is 3.15. The molecule has 1 aromatic rings. The monoisotopic (exact) mass is 404 g/mol. The Hall–Kier alpha value is -1.50. The predicted octanol–water partition coefficient (Wildman–Crippen LogP) is 3.81. The van der Waals surface area contributed by atoms with E-state index in [0.717, 1.165) is 24.2 Å². The van der Waals surface area contributed by atoms with E-state index < -0.39 is 24.1 Å². The van der Waals surface area contributed by atoms with E-state index in [-0.39, 0.29) is 21.7 Å². The van der Waals surface area contributed by atoms with Crippen molar-refractivity contribution in [1.29, 1.82) is 0 Å². The number of rotatable bonds is 3. The van der Waals surface area contributed by atoms with Gasteiger partial charge in [0.25, 0.3) is 5.91 Å². The third kappa shape index (κ3) is 3.57. The van der Waals surface area contributed by atoms with Gasteiger partial charge >= 0.3 is 12.0 Å². The molecule has 1 saturated heterocycles. The molecule has 1 spiro atoms. The summed E-state index contributed by atoms with van der Waals surface area (Å²) in [6.07, 6.45) is 3.91. The van der Waals surface area contributed by atoms with Crippen LogP contribution >= 0.6 is 34.8 Å². The Kier molecular flexibility index (Phi) is 5.14. The fraction of sp³-hybridized carbons (Fsp3) is 0.438. The van der Waals surface area contributed by atoms with Crippen molar-refractivity contribution < 1.29 is 19.1 Å². The lowest BCUT2D eigenvalue weighted by Gasteiger charge is -2.30. The Labute approximate surface area is 159 Å². The lowest BCUT2D eigenvalue weighted by atomic mass is 9.82. The Morgan fingerprint density at radius 2 is 1.72 bits per heavy atom. The van der Waals surface area contributed by atoms with Gasteiger partial charge in [-0.2, -0.15) is 0 Å². The van der Waals surface area contributed by atoms with Crippen LogP contribution in [0.2, 0.25) is 15.1 Å². The SMILES string of the molecule is O=C(CN1C(=O)NC2(CCCCC2)C1=O)Oc1c(Cl)cc(Cl)cc1Cl. The molecule has 0 aromatic heterocycles. The molecular weight excluding hydrogens is 391 g/mol. The van der Waals surface area contributed by atoms with Gasteiger partial charge in [-0.25, -0.2) is 9.59 Å². The van der Waals surface area contributed by atoms with Crippen molar-refractivity contribution in [2.75, 3.05) is 6.54 Å². The van der Waals surface area contributed by atoms with Gasteiger partial charge in [0.05, 0.1) is 10.0 Å². The molecule has 9 heteroatoms. The number of urea groups is 1. The molecule has 2 aliphatic rings. The van der Waals surface area contributed by atoms with Crippen LogP contribution in [0.25, 0.3) is 0 Å². The molecule has 1 aliphatic heterocycles. The second kappa shape index (κ2) is 7.02. The van der Waals surface area contributed by atoms with Crippen molar-refractivity contribution in [3.05, 3.63) is 27.2 Å². The summed E-state index contributed by atoms with van der Waals surface area (Å²) in [6.45, 7) is -0.512. The summed E-state index contributed by atoms with van der Waals surface area (Å²) in [5.41, 5.74) is -0.884.